The van der Waals surface area contributed by atoms with Crippen molar-refractivity contribution in [2.75, 3.05) is 0 Å². The standard InChI is InChI=1S/C21H25.C15H14.C8H11.2ClH.Zr/c1-20(2,3)16-7-9-18-14(12-16)11-15-13-17(21(4,5)6)8-10-19(15)18;1-12-3-7-14(8-4-12)11-15-9-5-13(2)6-10-15;1-6-4-7(2)8(3)5-6;;;/h7-10,12H,11H2,1-6H3;3-10H,1-2H3;4,6H,1-3H3;2*1H;/q;;;;;+2/p-2. The van der Waals surface area contributed by atoms with Crippen molar-refractivity contribution in [3.8, 4) is 11.1 Å². The van der Waals surface area contributed by atoms with Crippen LogP contribution in [-0.4, -0.2) is 3.21 Å². The number of halogens is 2. The van der Waals surface area contributed by atoms with Crippen molar-refractivity contribution >= 4 is 6.48 Å². The molecule has 0 saturated carbocycles. The van der Waals surface area contributed by atoms with Crippen LogP contribution in [0.15, 0.2) is 99.4 Å². The fourth-order valence-electron chi connectivity index (χ4n) is 7.50. The predicted molar refractivity (Wildman–Crippen MR) is 193 cm³/mol. The van der Waals surface area contributed by atoms with Gasteiger partial charge in [-0.25, -0.2) is 0 Å². The minimum atomic E-state index is -2.91. The number of rotatable bonds is 4. The summed E-state index contributed by atoms with van der Waals surface area (Å²) in [5.74, 6) is 0.449. The van der Waals surface area contributed by atoms with Gasteiger partial charge in [0.05, 0.1) is 0 Å². The smallest absolute Gasteiger partial charge is 1.00 e. The normalized spacial score (nSPS) is 15.2. The monoisotopic (exact) mass is 738 g/mol. The average molecular weight is 741 g/mol. The van der Waals surface area contributed by atoms with Gasteiger partial charge in [0.25, 0.3) is 0 Å². The Labute approximate surface area is 304 Å². The van der Waals surface area contributed by atoms with Crippen LogP contribution >= 0.6 is 0 Å². The SMILES string of the molecule is CC1=CC(C)[C]([Zr+2](=[C](c2ccc(C)cc2)c2ccc(C)cc2)[c]2c(C(C)(C)C)ccc3c2Cc2cc(C(C)(C)C)ccc2-3)=C1C.[Cl-].[Cl-]. The molecule has 0 saturated heterocycles. The van der Waals surface area contributed by atoms with Crippen LogP contribution in [0.5, 0.6) is 0 Å². The molecule has 0 fully saturated rings. The molecule has 0 radical (unpaired) electrons. The van der Waals surface area contributed by atoms with Crippen molar-refractivity contribution in [1.29, 1.82) is 0 Å². The molecular formula is C44H50Cl2Zr. The van der Waals surface area contributed by atoms with Gasteiger partial charge in [0.15, 0.2) is 0 Å². The Balaban J connectivity index is 0.00000250. The van der Waals surface area contributed by atoms with Gasteiger partial charge < -0.3 is 24.8 Å². The summed E-state index contributed by atoms with van der Waals surface area (Å²) in [5, 5.41) is 0. The van der Waals surface area contributed by atoms with Crippen molar-refractivity contribution in [2.24, 2.45) is 5.92 Å². The third-order valence-corrected chi connectivity index (χ3v) is 18.8. The first-order valence-corrected chi connectivity index (χ1v) is 20.4. The van der Waals surface area contributed by atoms with E-state index in [1.807, 2.05) is 0 Å². The molecule has 47 heavy (non-hydrogen) atoms. The molecule has 4 aromatic carbocycles. The summed E-state index contributed by atoms with van der Waals surface area (Å²) in [5.41, 5.74) is 17.6. The van der Waals surface area contributed by atoms with E-state index in [2.05, 4.69) is 161 Å². The Hall–Kier alpha value is -2.31. The Morgan fingerprint density at radius 3 is 1.66 bits per heavy atom. The molecule has 0 nitrogen and oxygen atoms in total. The molecule has 0 spiro atoms. The van der Waals surface area contributed by atoms with Crippen LogP contribution in [-0.2, 0) is 38.5 Å². The summed E-state index contributed by atoms with van der Waals surface area (Å²) >= 11 is -2.91. The van der Waals surface area contributed by atoms with Crippen LogP contribution < -0.4 is 28.1 Å². The fourth-order valence-corrected chi connectivity index (χ4v) is 17.5. The first-order chi connectivity index (χ1) is 21.1. The summed E-state index contributed by atoms with van der Waals surface area (Å²) in [6.07, 6.45) is 3.57. The van der Waals surface area contributed by atoms with E-state index < -0.39 is 21.3 Å². The number of hydrogen-bond donors (Lipinski definition) is 0. The van der Waals surface area contributed by atoms with Crippen LogP contribution in [0.25, 0.3) is 11.1 Å². The van der Waals surface area contributed by atoms with Crippen molar-refractivity contribution < 1.29 is 46.1 Å². The van der Waals surface area contributed by atoms with Crippen molar-refractivity contribution in [1.82, 2.24) is 0 Å². The third kappa shape index (κ3) is 7.06. The molecule has 2 aliphatic rings. The molecule has 3 heteroatoms. The molecule has 6 rings (SSSR count). The zero-order valence-electron chi connectivity index (χ0n) is 30.1. The van der Waals surface area contributed by atoms with E-state index in [-0.39, 0.29) is 35.6 Å². The molecule has 0 heterocycles. The van der Waals surface area contributed by atoms with E-state index in [0.29, 0.717) is 5.92 Å². The number of hydrogen-bond acceptors (Lipinski definition) is 0. The molecule has 1 unspecified atom stereocenters. The largest absolute Gasteiger partial charge is 1.00 e. The maximum atomic E-state index is 2.54. The Morgan fingerprint density at radius 2 is 1.19 bits per heavy atom. The van der Waals surface area contributed by atoms with Gasteiger partial charge >= 0.3 is 282 Å². The second kappa shape index (κ2) is 13.9. The number of benzene rings is 4. The molecule has 4 aromatic rings. The maximum Gasteiger partial charge on any atom is -1.00 e. The zero-order chi connectivity index (χ0) is 32.4. The number of fused-ring (bicyclic) bond motifs is 3. The van der Waals surface area contributed by atoms with E-state index in [1.165, 1.54) is 55.7 Å². The Morgan fingerprint density at radius 1 is 0.660 bits per heavy atom. The minimum absolute atomic E-state index is 0. The third-order valence-electron chi connectivity index (χ3n) is 10.2. The predicted octanol–water partition coefficient (Wildman–Crippen LogP) is 4.86. The molecule has 0 bridgehead atoms. The first-order valence-electron chi connectivity index (χ1n) is 16.7. The number of allylic oxidation sites excluding steroid dienone is 4. The average Bonchev–Trinajstić information content (AvgIpc) is 3.46. The Kier molecular flexibility index (Phi) is 11.1. The molecule has 0 aromatic heterocycles. The Bertz CT molecular complexity index is 1860. The zero-order valence-corrected chi connectivity index (χ0v) is 34.1. The van der Waals surface area contributed by atoms with Gasteiger partial charge in [-0.3, -0.25) is 0 Å². The minimum Gasteiger partial charge on any atom is -1.00 e. The molecule has 244 valence electrons. The van der Waals surface area contributed by atoms with E-state index in [1.54, 1.807) is 20.9 Å². The van der Waals surface area contributed by atoms with E-state index in [0.717, 1.165) is 6.42 Å². The number of aryl methyl sites for hydroxylation is 2. The summed E-state index contributed by atoms with van der Waals surface area (Å²) in [6.45, 7) is 25.9. The molecular weight excluding hydrogens is 691 g/mol. The van der Waals surface area contributed by atoms with Crippen LogP contribution in [0, 0.1) is 19.8 Å². The molecule has 0 amide bonds. The summed E-state index contributed by atoms with van der Waals surface area (Å²) < 4.78 is 5.08. The van der Waals surface area contributed by atoms with E-state index in [4.69, 9.17) is 0 Å². The van der Waals surface area contributed by atoms with E-state index >= 15 is 0 Å². The maximum absolute atomic E-state index is 2.91. The van der Waals surface area contributed by atoms with E-state index in [9.17, 15) is 0 Å². The van der Waals surface area contributed by atoms with Crippen LogP contribution in [0.1, 0.15) is 107 Å². The topological polar surface area (TPSA) is 0 Å². The fraction of sp³-hybridized carbons (Fsp3) is 0.341. The summed E-state index contributed by atoms with van der Waals surface area (Å²) in [4.78, 5) is 0. The quantitative estimate of drug-likeness (QED) is 0.247. The van der Waals surface area contributed by atoms with Gasteiger partial charge in [-0.2, -0.15) is 0 Å². The second-order valence-electron chi connectivity index (χ2n) is 15.7. The van der Waals surface area contributed by atoms with Gasteiger partial charge in [-0.05, 0) is 0 Å². The van der Waals surface area contributed by atoms with Crippen molar-refractivity contribution in [3.05, 3.63) is 144 Å². The summed E-state index contributed by atoms with van der Waals surface area (Å²) in [6, 6.07) is 31.2. The van der Waals surface area contributed by atoms with Crippen molar-refractivity contribution in [2.45, 2.75) is 93.4 Å². The van der Waals surface area contributed by atoms with Crippen LogP contribution in [0.3, 0.4) is 0 Å². The molecule has 0 aliphatic heterocycles. The van der Waals surface area contributed by atoms with Gasteiger partial charge in [0.2, 0.25) is 0 Å². The molecule has 0 N–H and O–H groups in total. The van der Waals surface area contributed by atoms with Gasteiger partial charge in [-0.15, -0.1) is 0 Å². The molecule has 1 atom stereocenters. The second-order valence-corrected chi connectivity index (χ2v) is 21.3. The van der Waals surface area contributed by atoms with Gasteiger partial charge in [0.1, 0.15) is 0 Å². The van der Waals surface area contributed by atoms with Crippen LogP contribution in [0.4, 0.5) is 0 Å². The first kappa shape index (κ1) is 37.5. The molecule has 2 aliphatic carbocycles. The van der Waals surface area contributed by atoms with Crippen LogP contribution in [0.2, 0.25) is 0 Å². The summed E-state index contributed by atoms with van der Waals surface area (Å²) in [7, 11) is 0. The van der Waals surface area contributed by atoms with Crippen molar-refractivity contribution in [3.63, 3.8) is 0 Å². The van der Waals surface area contributed by atoms with Gasteiger partial charge in [-0.1, -0.05) is 0 Å². The van der Waals surface area contributed by atoms with Gasteiger partial charge in [0, 0.05) is 0 Å².